The van der Waals surface area contributed by atoms with Crippen molar-refractivity contribution in [1.82, 2.24) is 0 Å². The summed E-state index contributed by atoms with van der Waals surface area (Å²) in [5.41, 5.74) is 15.7. The van der Waals surface area contributed by atoms with Gasteiger partial charge in [-0.2, -0.15) is 0 Å². The molecule has 0 heterocycles. The molecule has 0 heteroatoms. The molecule has 0 nitrogen and oxygen atoms in total. The van der Waals surface area contributed by atoms with Gasteiger partial charge >= 0.3 is 0 Å². The molecule has 12 aromatic carbocycles. The van der Waals surface area contributed by atoms with E-state index >= 15 is 0 Å². The van der Waals surface area contributed by atoms with Crippen molar-refractivity contribution in [2.24, 2.45) is 0 Å². The first-order valence-corrected chi connectivity index (χ1v) is 20.3. The van der Waals surface area contributed by atoms with E-state index in [9.17, 15) is 0 Å². The zero-order valence-electron chi connectivity index (χ0n) is 31.5. The van der Waals surface area contributed by atoms with Crippen LogP contribution in [0.3, 0.4) is 0 Å². The van der Waals surface area contributed by atoms with Crippen LogP contribution in [0.4, 0.5) is 0 Å². The third-order valence-electron chi connectivity index (χ3n) is 13.5. The lowest BCUT2D eigenvalue weighted by atomic mass is 9.84. The highest BCUT2D eigenvalue weighted by Gasteiger charge is 2.25. The Balaban J connectivity index is 1.08. The molecule has 0 unspecified atom stereocenters. The van der Waals surface area contributed by atoms with Crippen LogP contribution in [0.1, 0.15) is 0 Å². The minimum absolute atomic E-state index is 1.25. The number of rotatable bonds is 2. The highest BCUT2D eigenvalue weighted by Crippen LogP contribution is 2.52. The topological polar surface area (TPSA) is 0 Å². The van der Waals surface area contributed by atoms with Crippen molar-refractivity contribution < 1.29 is 0 Å². The molecule has 0 bridgehead atoms. The lowest BCUT2D eigenvalue weighted by Crippen LogP contribution is -1.91. The zero-order chi connectivity index (χ0) is 37.6. The molecule has 0 radical (unpaired) electrons. The van der Waals surface area contributed by atoms with Crippen LogP contribution in [-0.2, 0) is 0 Å². The van der Waals surface area contributed by atoms with Gasteiger partial charge in [-0.3, -0.25) is 0 Å². The van der Waals surface area contributed by atoms with E-state index in [0.717, 1.165) is 0 Å². The van der Waals surface area contributed by atoms with Crippen molar-refractivity contribution in [3.63, 3.8) is 0 Å². The number of hydrogen-bond acceptors (Lipinski definition) is 0. The minimum atomic E-state index is 1.25. The van der Waals surface area contributed by atoms with E-state index in [1.54, 1.807) is 0 Å². The predicted octanol–water partition coefficient (Wildman–Crippen LogP) is 16.4. The molecule has 0 fully saturated rings. The van der Waals surface area contributed by atoms with E-state index in [2.05, 4.69) is 194 Å². The lowest BCUT2D eigenvalue weighted by molar-refractivity contribution is 1.69. The molecular formula is C58H32. The summed E-state index contributed by atoms with van der Waals surface area (Å²) in [4.78, 5) is 0. The average Bonchev–Trinajstić information content (AvgIpc) is 3.80. The Bertz CT molecular complexity index is 3530. The highest BCUT2D eigenvalue weighted by molar-refractivity contribution is 6.40. The van der Waals surface area contributed by atoms with Crippen LogP contribution in [0.2, 0.25) is 0 Å². The molecule has 2 aliphatic rings. The number of hydrogen-bond donors (Lipinski definition) is 0. The van der Waals surface area contributed by atoms with Gasteiger partial charge in [-0.05, 0) is 154 Å². The second-order valence-electron chi connectivity index (χ2n) is 16.2. The smallest absolute Gasteiger partial charge is 0.00137 e. The molecular weight excluding hydrogens is 697 g/mol. The van der Waals surface area contributed by atoms with Crippen LogP contribution in [0.15, 0.2) is 194 Å². The standard InChI is InChI=1S/C58H32/c1-3-15-41-37(11-1)47-21-9-19-45-35(27-29-51(41)55(45)47)33-23-25-43-44-26-24-34(36-28-30-52-42-16-4-2-12-38(42)48-22-10-20-46(36)56(48)52)32-54(44)58-50-18-8-6-14-40(50)39-13-5-7-17-49(39)57(58)53(43)31-33/h1-32H. The quantitative estimate of drug-likeness (QED) is 0.156. The van der Waals surface area contributed by atoms with Gasteiger partial charge in [0.15, 0.2) is 0 Å². The van der Waals surface area contributed by atoms with Gasteiger partial charge in [-0.15, -0.1) is 0 Å². The third kappa shape index (κ3) is 3.85. The first-order valence-electron chi connectivity index (χ1n) is 20.3. The molecule has 2 aliphatic carbocycles. The molecule has 0 saturated carbocycles. The van der Waals surface area contributed by atoms with Crippen LogP contribution >= 0.6 is 0 Å². The average molecular weight is 729 g/mol. The summed E-state index contributed by atoms with van der Waals surface area (Å²) < 4.78 is 0. The fraction of sp³-hybridized carbons (Fsp3) is 0. The number of fused-ring (bicyclic) bond motifs is 17. The number of benzene rings is 12. The molecule has 12 aromatic rings. The largest absolute Gasteiger partial charge is 0.0616 e. The van der Waals surface area contributed by atoms with Gasteiger partial charge in [-0.25, -0.2) is 0 Å². The normalized spacial score (nSPS) is 12.5. The van der Waals surface area contributed by atoms with E-state index in [1.807, 2.05) is 0 Å². The Morgan fingerprint density at radius 3 is 0.897 bits per heavy atom. The zero-order valence-corrected chi connectivity index (χ0v) is 31.5. The Hall–Kier alpha value is -7.54. The molecule has 0 aliphatic heterocycles. The summed E-state index contributed by atoms with van der Waals surface area (Å²) in [6, 6.07) is 73.3. The maximum absolute atomic E-state index is 2.49. The maximum atomic E-state index is 2.49. The molecule has 0 atom stereocenters. The van der Waals surface area contributed by atoms with Crippen LogP contribution in [-0.4, -0.2) is 0 Å². The van der Waals surface area contributed by atoms with E-state index in [0.29, 0.717) is 0 Å². The summed E-state index contributed by atoms with van der Waals surface area (Å²) in [6.45, 7) is 0. The summed E-state index contributed by atoms with van der Waals surface area (Å²) >= 11 is 0. The van der Waals surface area contributed by atoms with Crippen LogP contribution in [0.25, 0.3) is 142 Å². The second-order valence-corrected chi connectivity index (χ2v) is 16.2. The van der Waals surface area contributed by atoms with E-state index in [4.69, 9.17) is 0 Å². The fourth-order valence-electron chi connectivity index (χ4n) is 11.1. The first-order chi connectivity index (χ1) is 28.8. The van der Waals surface area contributed by atoms with Crippen molar-refractivity contribution >= 4 is 75.4 Å². The van der Waals surface area contributed by atoms with E-state index in [1.165, 1.54) is 142 Å². The van der Waals surface area contributed by atoms with Crippen molar-refractivity contribution in [2.45, 2.75) is 0 Å². The molecule has 58 heavy (non-hydrogen) atoms. The van der Waals surface area contributed by atoms with Gasteiger partial charge in [0.05, 0.1) is 0 Å². The van der Waals surface area contributed by atoms with Gasteiger partial charge in [0, 0.05) is 0 Å². The fourth-order valence-corrected chi connectivity index (χ4v) is 11.1. The maximum Gasteiger partial charge on any atom is -0.00137 e. The van der Waals surface area contributed by atoms with E-state index in [-0.39, 0.29) is 0 Å². The van der Waals surface area contributed by atoms with Crippen LogP contribution < -0.4 is 0 Å². The molecule has 0 amide bonds. The Labute approximate surface area is 334 Å². The Kier molecular flexibility index (Phi) is 5.85. The Morgan fingerprint density at radius 2 is 0.466 bits per heavy atom. The third-order valence-corrected chi connectivity index (χ3v) is 13.5. The SMILES string of the molecule is c1ccc2c(c1)-c1cccc3c(-c4ccc5c6ccc(-c7ccc8c9c(cccc79)-c7ccccc7-8)cc6c6c7ccccc7c7ccccc7c6c5c4)ccc-2c13. The van der Waals surface area contributed by atoms with Gasteiger partial charge in [0.25, 0.3) is 0 Å². The summed E-state index contributed by atoms with van der Waals surface area (Å²) in [7, 11) is 0. The minimum Gasteiger partial charge on any atom is -0.0616 e. The molecule has 0 spiro atoms. The molecule has 0 saturated heterocycles. The molecule has 0 N–H and O–H groups in total. The first kappa shape index (κ1) is 30.7. The van der Waals surface area contributed by atoms with Crippen LogP contribution in [0.5, 0.6) is 0 Å². The van der Waals surface area contributed by atoms with Crippen molar-refractivity contribution in [3.8, 4) is 66.8 Å². The van der Waals surface area contributed by atoms with Gasteiger partial charge in [0.1, 0.15) is 0 Å². The van der Waals surface area contributed by atoms with Gasteiger partial charge in [-0.1, -0.05) is 182 Å². The molecule has 0 aromatic heterocycles. The summed E-state index contributed by atoms with van der Waals surface area (Å²) in [6.07, 6.45) is 0. The predicted molar refractivity (Wildman–Crippen MR) is 249 cm³/mol. The van der Waals surface area contributed by atoms with Crippen molar-refractivity contribution in [2.75, 3.05) is 0 Å². The monoisotopic (exact) mass is 728 g/mol. The Morgan fingerprint density at radius 1 is 0.155 bits per heavy atom. The molecule has 14 rings (SSSR count). The lowest BCUT2D eigenvalue weighted by Gasteiger charge is -2.18. The van der Waals surface area contributed by atoms with E-state index < -0.39 is 0 Å². The van der Waals surface area contributed by atoms with Crippen LogP contribution in [0, 0.1) is 0 Å². The van der Waals surface area contributed by atoms with Crippen molar-refractivity contribution in [1.29, 1.82) is 0 Å². The summed E-state index contributed by atoms with van der Waals surface area (Å²) in [5, 5.41) is 18.3. The molecule has 264 valence electrons. The summed E-state index contributed by atoms with van der Waals surface area (Å²) in [5.74, 6) is 0. The van der Waals surface area contributed by atoms with Gasteiger partial charge in [0.2, 0.25) is 0 Å². The van der Waals surface area contributed by atoms with Gasteiger partial charge < -0.3 is 0 Å². The second kappa shape index (κ2) is 11.1. The van der Waals surface area contributed by atoms with Crippen molar-refractivity contribution in [3.05, 3.63) is 194 Å². The highest BCUT2D eigenvalue weighted by atomic mass is 14.3.